The van der Waals surface area contributed by atoms with E-state index < -0.39 is 5.41 Å². The predicted molar refractivity (Wildman–Crippen MR) is 210 cm³/mol. The highest BCUT2D eigenvalue weighted by molar-refractivity contribution is 7.26. The molecule has 52 heavy (non-hydrogen) atoms. The summed E-state index contributed by atoms with van der Waals surface area (Å²) in [4.78, 5) is 10.7. The molecule has 0 unspecified atom stereocenters. The molecular formula is C47H26N2O2S. The minimum atomic E-state index is -0.511. The van der Waals surface area contributed by atoms with E-state index in [2.05, 4.69) is 140 Å². The Bertz CT molecular complexity index is 3090. The molecule has 0 fully saturated rings. The summed E-state index contributed by atoms with van der Waals surface area (Å²) in [5.41, 5.74) is 12.4. The van der Waals surface area contributed by atoms with Crippen LogP contribution in [0.5, 0.6) is 11.5 Å². The van der Waals surface area contributed by atoms with Gasteiger partial charge < -0.3 is 9.15 Å². The third-order valence-corrected chi connectivity index (χ3v) is 12.1. The lowest BCUT2D eigenvalue weighted by atomic mass is 9.66. The van der Waals surface area contributed by atoms with Gasteiger partial charge >= 0.3 is 0 Å². The number of ether oxygens (including phenoxy) is 1. The molecule has 0 saturated heterocycles. The van der Waals surface area contributed by atoms with Crippen LogP contribution in [0.3, 0.4) is 0 Å². The molecule has 1 spiro atoms. The Labute approximate surface area is 302 Å². The van der Waals surface area contributed by atoms with E-state index in [1.807, 2.05) is 18.2 Å². The molecule has 0 radical (unpaired) electrons. The van der Waals surface area contributed by atoms with Crippen molar-refractivity contribution in [3.05, 3.63) is 180 Å². The maximum Gasteiger partial charge on any atom is 0.160 e. The normalized spacial score (nSPS) is 13.7. The average molecular weight is 683 g/mol. The smallest absolute Gasteiger partial charge is 0.160 e. The van der Waals surface area contributed by atoms with E-state index >= 15 is 0 Å². The van der Waals surface area contributed by atoms with Gasteiger partial charge in [0.05, 0.1) is 21.3 Å². The van der Waals surface area contributed by atoms with Crippen molar-refractivity contribution < 1.29 is 9.15 Å². The van der Waals surface area contributed by atoms with E-state index in [9.17, 15) is 0 Å². The molecule has 10 aromatic rings. The van der Waals surface area contributed by atoms with Crippen LogP contribution in [0.4, 0.5) is 0 Å². The lowest BCUT2D eigenvalue weighted by molar-refractivity contribution is 0.436. The molecule has 1 aliphatic heterocycles. The first kappa shape index (κ1) is 28.2. The Morgan fingerprint density at radius 2 is 1.13 bits per heavy atom. The van der Waals surface area contributed by atoms with Gasteiger partial charge in [0, 0.05) is 43.1 Å². The minimum absolute atomic E-state index is 0.511. The Hall–Kier alpha value is -6.56. The second kappa shape index (κ2) is 10.3. The van der Waals surface area contributed by atoms with Gasteiger partial charge in [0.2, 0.25) is 0 Å². The Morgan fingerprint density at radius 3 is 1.98 bits per heavy atom. The highest BCUT2D eigenvalue weighted by Gasteiger charge is 2.51. The summed E-state index contributed by atoms with van der Waals surface area (Å²) in [5.74, 6) is 2.48. The number of benzene rings is 7. The van der Waals surface area contributed by atoms with Crippen molar-refractivity contribution in [3.63, 3.8) is 0 Å². The number of rotatable bonds is 2. The van der Waals surface area contributed by atoms with Crippen LogP contribution in [0.15, 0.2) is 162 Å². The van der Waals surface area contributed by atoms with Gasteiger partial charge in [-0.25, -0.2) is 9.97 Å². The molecule has 0 N–H and O–H groups in total. The second-order valence-corrected chi connectivity index (χ2v) is 14.7. The molecule has 2 aliphatic rings. The predicted octanol–water partition coefficient (Wildman–Crippen LogP) is 12.5. The number of para-hydroxylation sites is 3. The third-order valence-electron chi connectivity index (χ3n) is 11.0. The van der Waals surface area contributed by atoms with Gasteiger partial charge in [-0.1, -0.05) is 109 Å². The molecular weight excluding hydrogens is 657 g/mol. The number of thiophene rings is 1. The van der Waals surface area contributed by atoms with Crippen LogP contribution >= 0.6 is 11.3 Å². The van der Waals surface area contributed by atoms with Gasteiger partial charge in [-0.3, -0.25) is 0 Å². The number of nitrogens with zero attached hydrogens (tertiary/aromatic N) is 2. The van der Waals surface area contributed by atoms with Gasteiger partial charge in [0.25, 0.3) is 0 Å². The van der Waals surface area contributed by atoms with Crippen molar-refractivity contribution in [2.75, 3.05) is 0 Å². The van der Waals surface area contributed by atoms with Crippen LogP contribution in [0.2, 0.25) is 0 Å². The molecule has 3 aromatic heterocycles. The molecule has 0 amide bonds. The zero-order valence-corrected chi connectivity index (χ0v) is 28.4. The zero-order valence-electron chi connectivity index (χ0n) is 27.6. The maximum absolute atomic E-state index is 6.54. The maximum atomic E-state index is 6.54. The van der Waals surface area contributed by atoms with E-state index in [0.717, 1.165) is 77.0 Å². The van der Waals surface area contributed by atoms with E-state index in [4.69, 9.17) is 19.1 Å². The van der Waals surface area contributed by atoms with Crippen LogP contribution < -0.4 is 4.74 Å². The van der Waals surface area contributed by atoms with Gasteiger partial charge in [-0.05, 0) is 70.8 Å². The summed E-state index contributed by atoms with van der Waals surface area (Å²) in [6.45, 7) is 0. The molecule has 4 nitrogen and oxygen atoms in total. The fourth-order valence-electron chi connectivity index (χ4n) is 8.79. The van der Waals surface area contributed by atoms with Crippen molar-refractivity contribution in [2.45, 2.75) is 5.41 Å². The lowest BCUT2D eigenvalue weighted by Gasteiger charge is -2.39. The van der Waals surface area contributed by atoms with Gasteiger partial charge in [-0.15, -0.1) is 11.3 Å². The molecule has 0 bridgehead atoms. The van der Waals surface area contributed by atoms with Crippen molar-refractivity contribution >= 4 is 53.6 Å². The number of hydrogen-bond donors (Lipinski definition) is 0. The molecule has 5 heteroatoms. The highest BCUT2D eigenvalue weighted by atomic mass is 32.1. The third kappa shape index (κ3) is 3.65. The largest absolute Gasteiger partial charge is 0.457 e. The van der Waals surface area contributed by atoms with Crippen molar-refractivity contribution in [1.29, 1.82) is 0 Å². The Balaban J connectivity index is 1.13. The fraction of sp³-hybridized carbons (Fsp3) is 0.0213. The van der Waals surface area contributed by atoms with E-state index in [-0.39, 0.29) is 0 Å². The second-order valence-electron chi connectivity index (χ2n) is 13.6. The number of aromatic nitrogens is 2. The topological polar surface area (TPSA) is 48.2 Å². The van der Waals surface area contributed by atoms with Crippen LogP contribution in [-0.4, -0.2) is 9.97 Å². The summed E-state index contributed by atoms with van der Waals surface area (Å²) in [6.07, 6.45) is 0. The molecule has 242 valence electrons. The van der Waals surface area contributed by atoms with Gasteiger partial charge in [0.1, 0.15) is 22.7 Å². The number of fused-ring (bicyclic) bond motifs is 15. The number of furan rings is 1. The standard InChI is InChI=1S/C47H26N2O2S/c1-4-14-34-29(11-1)32-25-27(21-23-35(32)47(34)36-15-5-8-18-40(36)51-41-19-9-6-16-37(41)47)43-45-44(31-13-3-10-20-42(31)52-45)49-46(48-43)28-22-24-39-33(26-28)30-12-2-7-17-38(30)50-39/h1-26H. The molecule has 12 rings (SSSR count). The van der Waals surface area contributed by atoms with Crippen molar-refractivity contribution in [1.82, 2.24) is 9.97 Å². The Kier molecular flexibility index (Phi) is 5.55. The van der Waals surface area contributed by atoms with Gasteiger partial charge in [0.15, 0.2) is 5.82 Å². The van der Waals surface area contributed by atoms with Crippen LogP contribution in [0, 0.1) is 0 Å². The molecule has 0 saturated carbocycles. The van der Waals surface area contributed by atoms with E-state index in [0.29, 0.717) is 5.82 Å². The summed E-state index contributed by atoms with van der Waals surface area (Å²) in [7, 11) is 0. The quantitative estimate of drug-likeness (QED) is 0.182. The first-order valence-electron chi connectivity index (χ1n) is 17.5. The lowest BCUT2D eigenvalue weighted by Crippen LogP contribution is -2.32. The molecule has 7 aromatic carbocycles. The van der Waals surface area contributed by atoms with Gasteiger partial charge in [-0.2, -0.15) is 0 Å². The average Bonchev–Trinajstić information content (AvgIpc) is 3.86. The molecule has 1 aliphatic carbocycles. The van der Waals surface area contributed by atoms with Crippen molar-refractivity contribution in [2.24, 2.45) is 0 Å². The number of hydrogen-bond acceptors (Lipinski definition) is 5. The van der Waals surface area contributed by atoms with Crippen LogP contribution in [0.1, 0.15) is 22.3 Å². The zero-order chi connectivity index (χ0) is 34.0. The summed E-state index contributed by atoms with van der Waals surface area (Å²) in [6, 6.07) is 55.8. The van der Waals surface area contributed by atoms with Crippen molar-refractivity contribution in [3.8, 4) is 45.3 Å². The first-order valence-corrected chi connectivity index (χ1v) is 18.3. The summed E-state index contributed by atoms with van der Waals surface area (Å²) in [5, 5.41) is 3.29. The summed E-state index contributed by atoms with van der Waals surface area (Å²) >= 11 is 1.76. The fourth-order valence-corrected chi connectivity index (χ4v) is 9.94. The van der Waals surface area contributed by atoms with Crippen LogP contribution in [-0.2, 0) is 5.41 Å². The summed E-state index contributed by atoms with van der Waals surface area (Å²) < 4.78 is 15.0. The van der Waals surface area contributed by atoms with E-state index in [1.54, 1.807) is 11.3 Å². The van der Waals surface area contributed by atoms with Crippen LogP contribution in [0.25, 0.3) is 76.0 Å². The SMILES string of the molecule is c1ccc2c(c1)Oc1ccccc1C21c2ccccc2-c2cc(-c3nc(-c4ccc5oc6ccccc6c5c4)nc4c3sc3ccccc34)ccc21. The molecule has 4 heterocycles. The molecule has 0 atom stereocenters. The highest BCUT2D eigenvalue weighted by Crippen LogP contribution is 2.62. The van der Waals surface area contributed by atoms with E-state index in [1.165, 1.54) is 27.0 Å². The monoisotopic (exact) mass is 682 g/mol. The minimum Gasteiger partial charge on any atom is -0.457 e. The first-order chi connectivity index (χ1) is 25.8. The Morgan fingerprint density at radius 1 is 0.481 bits per heavy atom.